The average molecular weight is 462 g/mol. The monoisotopic (exact) mass is 461 g/mol. The number of imidazole rings is 1. The quantitative estimate of drug-likeness (QED) is 0.366. The zero-order valence-electron chi connectivity index (χ0n) is 19.8. The molecule has 7 heteroatoms. The second-order valence-corrected chi connectivity index (χ2v) is 9.84. The van der Waals surface area contributed by atoms with E-state index in [4.69, 9.17) is 5.73 Å². The fraction of sp³-hybridized carbons (Fsp3) is 0.407. The maximum atomic E-state index is 14.4. The summed E-state index contributed by atoms with van der Waals surface area (Å²) in [5.41, 5.74) is 9.30. The molecule has 2 aromatic heterocycles. The van der Waals surface area contributed by atoms with Crippen molar-refractivity contribution in [3.8, 4) is 11.4 Å². The summed E-state index contributed by atoms with van der Waals surface area (Å²) in [5, 5.41) is 0.204. The summed E-state index contributed by atoms with van der Waals surface area (Å²) in [6.07, 6.45) is 7.35. The highest BCUT2D eigenvalue weighted by Crippen LogP contribution is 2.30. The minimum Gasteiger partial charge on any atom is -0.397 e. The number of halogens is 1. The number of pyridine rings is 1. The molecule has 6 nitrogen and oxygen atoms in total. The Hall–Kier alpha value is -3.19. The summed E-state index contributed by atoms with van der Waals surface area (Å²) < 4.78 is 14.4. The van der Waals surface area contributed by atoms with Gasteiger partial charge in [0.15, 0.2) is 0 Å². The van der Waals surface area contributed by atoms with E-state index < -0.39 is 11.4 Å². The minimum absolute atomic E-state index is 0.0938. The number of benzene rings is 2. The van der Waals surface area contributed by atoms with Gasteiger partial charge in [0.2, 0.25) is 0 Å². The fourth-order valence-corrected chi connectivity index (χ4v) is 5.30. The Labute approximate surface area is 198 Å². The molecule has 0 radical (unpaired) electrons. The molecule has 0 aliphatic heterocycles. The molecule has 1 aliphatic rings. The highest BCUT2D eigenvalue weighted by Gasteiger charge is 2.21. The van der Waals surface area contributed by atoms with E-state index in [9.17, 15) is 9.18 Å². The van der Waals surface area contributed by atoms with Crippen molar-refractivity contribution in [1.82, 2.24) is 19.9 Å². The number of hydrogen-bond donors (Lipinski definition) is 3. The second-order valence-electron chi connectivity index (χ2n) is 9.84. The van der Waals surface area contributed by atoms with Gasteiger partial charge in [0.25, 0.3) is 5.56 Å². The van der Waals surface area contributed by atoms with Crippen LogP contribution in [0.4, 0.5) is 10.1 Å². The van der Waals surface area contributed by atoms with Crippen LogP contribution >= 0.6 is 0 Å². The number of fused-ring (bicyclic) bond motifs is 2. The lowest BCUT2D eigenvalue weighted by atomic mass is 9.86. The van der Waals surface area contributed by atoms with Gasteiger partial charge in [0.05, 0.1) is 27.6 Å². The molecule has 5 rings (SSSR count). The lowest BCUT2D eigenvalue weighted by molar-refractivity contribution is 0.169. The number of nitrogens with two attached hydrogens (primary N) is 1. The van der Waals surface area contributed by atoms with E-state index in [0.717, 1.165) is 36.3 Å². The molecule has 2 aromatic carbocycles. The molecule has 34 heavy (non-hydrogen) atoms. The molecular weight excluding hydrogens is 429 g/mol. The molecule has 0 bridgehead atoms. The number of aromatic amines is 2. The van der Waals surface area contributed by atoms with Gasteiger partial charge in [0.1, 0.15) is 17.2 Å². The number of hydrogen-bond acceptors (Lipinski definition) is 4. The third kappa shape index (κ3) is 4.32. The third-order valence-corrected chi connectivity index (χ3v) is 7.40. The topological polar surface area (TPSA) is 90.8 Å². The van der Waals surface area contributed by atoms with Crippen LogP contribution in [0, 0.1) is 11.7 Å². The molecule has 0 spiro atoms. The number of nitrogen functional groups attached to an aromatic ring is 1. The van der Waals surface area contributed by atoms with E-state index in [0.29, 0.717) is 17.4 Å². The van der Waals surface area contributed by atoms with Crippen molar-refractivity contribution in [2.24, 2.45) is 5.92 Å². The molecule has 4 N–H and O–H groups in total. The van der Waals surface area contributed by atoms with Crippen LogP contribution in [0.2, 0.25) is 0 Å². The molecule has 0 amide bonds. The first kappa shape index (κ1) is 22.6. The van der Waals surface area contributed by atoms with Gasteiger partial charge in [-0.2, -0.15) is 0 Å². The summed E-state index contributed by atoms with van der Waals surface area (Å²) in [4.78, 5) is 25.8. The Balaban J connectivity index is 1.34. The fourth-order valence-electron chi connectivity index (χ4n) is 5.30. The van der Waals surface area contributed by atoms with Gasteiger partial charge in [-0.15, -0.1) is 0 Å². The molecule has 1 saturated carbocycles. The Bertz CT molecular complexity index is 1380. The maximum absolute atomic E-state index is 14.4. The predicted octanol–water partition coefficient (Wildman–Crippen LogP) is 5.24. The van der Waals surface area contributed by atoms with Gasteiger partial charge in [-0.25, -0.2) is 9.37 Å². The minimum atomic E-state index is -0.474. The summed E-state index contributed by atoms with van der Waals surface area (Å²) in [5.74, 6) is 0.746. The Morgan fingerprint density at radius 2 is 1.91 bits per heavy atom. The number of nitrogens with one attached hydrogen (secondary N) is 2. The zero-order chi connectivity index (χ0) is 23.8. The number of aromatic nitrogens is 3. The number of aryl methyl sites for hydroxylation is 1. The predicted molar refractivity (Wildman–Crippen MR) is 136 cm³/mol. The van der Waals surface area contributed by atoms with Crippen LogP contribution in [0.15, 0.2) is 41.2 Å². The molecule has 2 heterocycles. The van der Waals surface area contributed by atoms with Crippen molar-refractivity contribution in [3.63, 3.8) is 0 Å². The van der Waals surface area contributed by atoms with Gasteiger partial charge < -0.3 is 20.6 Å². The Morgan fingerprint density at radius 1 is 1.12 bits per heavy atom. The number of H-pyrrole nitrogens is 2. The summed E-state index contributed by atoms with van der Waals surface area (Å²) >= 11 is 0. The van der Waals surface area contributed by atoms with Crippen molar-refractivity contribution in [1.29, 1.82) is 0 Å². The van der Waals surface area contributed by atoms with Crippen LogP contribution in [-0.2, 0) is 6.42 Å². The van der Waals surface area contributed by atoms with Gasteiger partial charge in [-0.3, -0.25) is 4.79 Å². The lowest BCUT2D eigenvalue weighted by Gasteiger charge is -2.33. The standard InChI is InChI=1S/C27H32FN5O/c1-16-8-11-18(12-9-16)33(2)14-4-5-17-10-13-20-22(15-17)31-26(30-20)24-25(29)23-19(28)6-3-7-21(23)32-27(24)34/h3,6-7,10,13,15-16,18H,4-5,8-9,11-12,14H2,1-2H3,(H,30,31)(H3,29,32,34). The number of anilines is 1. The van der Waals surface area contributed by atoms with E-state index in [1.807, 2.05) is 6.07 Å². The first-order valence-electron chi connectivity index (χ1n) is 12.2. The van der Waals surface area contributed by atoms with Gasteiger partial charge >= 0.3 is 0 Å². The van der Waals surface area contributed by atoms with Crippen LogP contribution in [0.25, 0.3) is 33.3 Å². The third-order valence-electron chi connectivity index (χ3n) is 7.40. The first-order valence-corrected chi connectivity index (χ1v) is 12.2. The van der Waals surface area contributed by atoms with Crippen molar-refractivity contribution in [2.45, 2.75) is 51.5 Å². The van der Waals surface area contributed by atoms with E-state index in [-0.39, 0.29) is 16.6 Å². The normalized spacial score (nSPS) is 18.8. The molecule has 1 aliphatic carbocycles. The molecule has 1 fully saturated rings. The van der Waals surface area contributed by atoms with E-state index in [1.54, 1.807) is 12.1 Å². The van der Waals surface area contributed by atoms with E-state index >= 15 is 0 Å². The van der Waals surface area contributed by atoms with Gasteiger partial charge in [0, 0.05) is 6.04 Å². The second kappa shape index (κ2) is 9.22. The molecule has 178 valence electrons. The lowest BCUT2D eigenvalue weighted by Crippen LogP contribution is -2.35. The molecule has 0 saturated heterocycles. The van der Waals surface area contributed by atoms with Gasteiger partial charge in [-0.1, -0.05) is 19.1 Å². The van der Waals surface area contributed by atoms with Crippen LogP contribution in [0.5, 0.6) is 0 Å². The van der Waals surface area contributed by atoms with Crippen LogP contribution in [0.3, 0.4) is 0 Å². The highest BCUT2D eigenvalue weighted by molar-refractivity contribution is 5.98. The molecule has 4 aromatic rings. The zero-order valence-corrected chi connectivity index (χ0v) is 19.8. The van der Waals surface area contributed by atoms with E-state index in [2.05, 4.69) is 46.0 Å². The van der Waals surface area contributed by atoms with Crippen molar-refractivity contribution < 1.29 is 4.39 Å². The van der Waals surface area contributed by atoms with Gasteiger partial charge in [-0.05, 0) is 87.9 Å². The van der Waals surface area contributed by atoms with Crippen LogP contribution in [0.1, 0.15) is 44.6 Å². The van der Waals surface area contributed by atoms with Crippen LogP contribution < -0.4 is 11.3 Å². The Kier molecular flexibility index (Phi) is 6.13. The molecular formula is C27H32FN5O. The average Bonchev–Trinajstić information content (AvgIpc) is 3.22. The maximum Gasteiger partial charge on any atom is 0.261 e. The molecule has 0 atom stereocenters. The SMILES string of the molecule is CC1CCC(N(C)CCCc2ccc3nc(-c4c(N)c5c(F)cccc5[nH]c4=O)[nH]c3c2)CC1. The van der Waals surface area contributed by atoms with Crippen molar-refractivity contribution >= 4 is 27.6 Å². The highest BCUT2D eigenvalue weighted by atomic mass is 19.1. The molecule has 0 unspecified atom stereocenters. The summed E-state index contributed by atoms with van der Waals surface area (Å²) in [6, 6.07) is 11.4. The van der Waals surface area contributed by atoms with Crippen LogP contribution in [-0.4, -0.2) is 39.5 Å². The smallest absolute Gasteiger partial charge is 0.261 e. The van der Waals surface area contributed by atoms with Crippen molar-refractivity contribution in [2.75, 3.05) is 19.3 Å². The number of rotatable bonds is 6. The summed E-state index contributed by atoms with van der Waals surface area (Å²) in [7, 11) is 2.25. The van der Waals surface area contributed by atoms with E-state index in [1.165, 1.54) is 37.3 Å². The van der Waals surface area contributed by atoms with Crippen molar-refractivity contribution in [3.05, 3.63) is 58.1 Å². The number of nitrogens with zero attached hydrogens (tertiary/aromatic N) is 2. The Morgan fingerprint density at radius 3 is 2.71 bits per heavy atom. The first-order chi connectivity index (χ1) is 16.4. The largest absolute Gasteiger partial charge is 0.397 e. The summed E-state index contributed by atoms with van der Waals surface area (Å²) in [6.45, 7) is 3.44.